The molecular weight excluding hydrogens is 152 g/mol. The van der Waals surface area contributed by atoms with Crippen molar-refractivity contribution in [2.45, 2.75) is 13.8 Å². The van der Waals surface area contributed by atoms with Gasteiger partial charge in [-0.3, -0.25) is 0 Å². The van der Waals surface area contributed by atoms with Crippen LogP contribution in [0.2, 0.25) is 0 Å². The van der Waals surface area contributed by atoms with Crippen LogP contribution >= 0.6 is 0 Å². The number of hydrogen-bond donors (Lipinski definition) is 0. The van der Waals surface area contributed by atoms with Crippen LogP contribution in [0.15, 0.2) is 22.8 Å². The minimum Gasteiger partial charge on any atom is -0.384 e. The summed E-state index contributed by atoms with van der Waals surface area (Å²) in [6.07, 6.45) is 3.14. The summed E-state index contributed by atoms with van der Waals surface area (Å²) in [7, 11) is -3.42. The highest BCUT2D eigenvalue weighted by atomic mass is 32.2. The van der Waals surface area contributed by atoms with Gasteiger partial charge in [-0.1, -0.05) is 0 Å². The minimum absolute atomic E-state index is 0.248. The van der Waals surface area contributed by atoms with Crippen molar-refractivity contribution >= 4 is 10.1 Å². The third-order valence-corrected chi connectivity index (χ3v) is 2.60. The van der Waals surface area contributed by atoms with Crippen molar-refractivity contribution in [3.8, 4) is 0 Å². The molecule has 56 valence electrons. The maximum absolute atomic E-state index is 10.9. The Hall–Kier alpha value is -0.770. The highest BCUT2D eigenvalue weighted by Crippen LogP contribution is 2.17. The second-order valence-corrected chi connectivity index (χ2v) is 3.81. The third kappa shape index (κ3) is 1.21. The van der Waals surface area contributed by atoms with Crippen LogP contribution in [-0.2, 0) is 14.3 Å². The highest BCUT2D eigenvalue weighted by Gasteiger charge is 2.17. The van der Waals surface area contributed by atoms with Crippen LogP contribution in [-0.4, -0.2) is 8.42 Å². The van der Waals surface area contributed by atoms with Gasteiger partial charge in [0.2, 0.25) is 0 Å². The van der Waals surface area contributed by atoms with E-state index in [-0.39, 0.29) is 4.91 Å². The van der Waals surface area contributed by atoms with Crippen molar-refractivity contribution < 1.29 is 12.6 Å². The molecule has 0 radical (unpaired) electrons. The molecule has 3 nitrogen and oxygen atoms in total. The predicted octanol–water partition coefficient (Wildman–Crippen LogP) is 1.15. The summed E-state index contributed by atoms with van der Waals surface area (Å²) in [5, 5.41) is 0. The molecular formula is C6H8O3S. The van der Waals surface area contributed by atoms with Crippen molar-refractivity contribution in [1.82, 2.24) is 0 Å². The molecule has 0 atom stereocenters. The van der Waals surface area contributed by atoms with Gasteiger partial charge >= 0.3 is 10.1 Å². The summed E-state index contributed by atoms with van der Waals surface area (Å²) in [6.45, 7) is 3.10. The van der Waals surface area contributed by atoms with E-state index in [1.807, 2.05) is 0 Å². The molecule has 1 aliphatic heterocycles. The number of allylic oxidation sites excluding steroid dienone is 4. The fourth-order valence-electron chi connectivity index (χ4n) is 0.585. The predicted molar refractivity (Wildman–Crippen MR) is 37.5 cm³/mol. The molecule has 0 aromatic carbocycles. The second-order valence-electron chi connectivity index (χ2n) is 2.09. The quantitative estimate of drug-likeness (QED) is 0.499. The van der Waals surface area contributed by atoms with Crippen molar-refractivity contribution in [2.24, 2.45) is 0 Å². The van der Waals surface area contributed by atoms with Gasteiger partial charge in [-0.05, 0) is 26.0 Å². The lowest BCUT2D eigenvalue weighted by Gasteiger charge is -2.09. The molecule has 0 saturated carbocycles. The lowest BCUT2D eigenvalue weighted by molar-refractivity contribution is 0.411. The molecule has 0 amide bonds. The van der Waals surface area contributed by atoms with Crippen molar-refractivity contribution in [1.29, 1.82) is 0 Å². The summed E-state index contributed by atoms with van der Waals surface area (Å²) < 4.78 is 26.3. The van der Waals surface area contributed by atoms with Gasteiger partial charge in [0.05, 0.1) is 4.91 Å². The number of rotatable bonds is 0. The Morgan fingerprint density at radius 1 is 1.30 bits per heavy atom. The lowest BCUT2D eigenvalue weighted by Crippen LogP contribution is -2.08. The molecule has 1 heterocycles. The lowest BCUT2D eigenvalue weighted by atomic mass is 10.4. The maximum atomic E-state index is 10.9. The zero-order valence-corrected chi connectivity index (χ0v) is 6.60. The Labute approximate surface area is 60.1 Å². The molecule has 10 heavy (non-hydrogen) atoms. The molecule has 1 aliphatic rings. The van der Waals surface area contributed by atoms with E-state index >= 15 is 0 Å². The van der Waals surface area contributed by atoms with E-state index in [9.17, 15) is 8.42 Å². The first-order chi connectivity index (χ1) is 4.52. The van der Waals surface area contributed by atoms with Gasteiger partial charge < -0.3 is 4.18 Å². The Balaban J connectivity index is 3.14. The van der Waals surface area contributed by atoms with Crippen LogP contribution < -0.4 is 0 Å². The van der Waals surface area contributed by atoms with E-state index in [0.29, 0.717) is 5.76 Å². The van der Waals surface area contributed by atoms with Gasteiger partial charge in [-0.25, -0.2) is 0 Å². The zero-order chi connectivity index (χ0) is 7.78. The smallest absolute Gasteiger partial charge is 0.334 e. The minimum atomic E-state index is -3.42. The van der Waals surface area contributed by atoms with Crippen molar-refractivity contribution in [3.63, 3.8) is 0 Å². The third-order valence-electron chi connectivity index (χ3n) is 1.19. The molecule has 0 bridgehead atoms. The first-order valence-electron chi connectivity index (χ1n) is 2.82. The second kappa shape index (κ2) is 2.12. The standard InChI is InChI=1S/C6H8O3S/c1-5-3-4-6(2)10(7,8)9-5/h3-4H,1-2H3. The molecule has 0 aliphatic carbocycles. The molecule has 0 spiro atoms. The Kier molecular flexibility index (Phi) is 1.56. The van der Waals surface area contributed by atoms with Crippen LogP contribution in [0.25, 0.3) is 0 Å². The maximum Gasteiger partial charge on any atom is 0.334 e. The molecule has 1 rings (SSSR count). The molecule has 0 N–H and O–H groups in total. The summed E-state index contributed by atoms with van der Waals surface area (Å²) in [6, 6.07) is 0. The molecule has 0 unspecified atom stereocenters. The summed E-state index contributed by atoms with van der Waals surface area (Å²) in [5.74, 6) is 0.408. The largest absolute Gasteiger partial charge is 0.384 e. The van der Waals surface area contributed by atoms with E-state index in [1.54, 1.807) is 13.0 Å². The fourth-order valence-corrected chi connectivity index (χ4v) is 1.35. The monoisotopic (exact) mass is 160 g/mol. The van der Waals surface area contributed by atoms with Crippen LogP contribution in [0.1, 0.15) is 13.8 Å². The van der Waals surface area contributed by atoms with Crippen LogP contribution in [0.4, 0.5) is 0 Å². The van der Waals surface area contributed by atoms with Gasteiger partial charge in [0.15, 0.2) is 0 Å². The van der Waals surface area contributed by atoms with Gasteiger partial charge in [0.25, 0.3) is 0 Å². The van der Waals surface area contributed by atoms with E-state index in [2.05, 4.69) is 4.18 Å². The highest BCUT2D eigenvalue weighted by molar-refractivity contribution is 7.90. The van der Waals surface area contributed by atoms with E-state index in [1.165, 1.54) is 13.0 Å². The van der Waals surface area contributed by atoms with Crippen LogP contribution in [0.3, 0.4) is 0 Å². The number of hydrogen-bond acceptors (Lipinski definition) is 3. The van der Waals surface area contributed by atoms with Gasteiger partial charge in [-0.2, -0.15) is 8.42 Å². The molecule has 0 aromatic heterocycles. The van der Waals surface area contributed by atoms with Crippen molar-refractivity contribution in [3.05, 3.63) is 22.8 Å². The van der Waals surface area contributed by atoms with E-state index < -0.39 is 10.1 Å². The van der Waals surface area contributed by atoms with E-state index in [0.717, 1.165) is 0 Å². The van der Waals surface area contributed by atoms with Crippen LogP contribution in [0, 0.1) is 0 Å². The molecule has 4 heteroatoms. The van der Waals surface area contributed by atoms with Crippen molar-refractivity contribution in [2.75, 3.05) is 0 Å². The van der Waals surface area contributed by atoms with Crippen LogP contribution in [0.5, 0.6) is 0 Å². The van der Waals surface area contributed by atoms with Gasteiger partial charge in [0, 0.05) is 0 Å². The molecule has 0 saturated heterocycles. The summed E-state index contributed by atoms with van der Waals surface area (Å²) >= 11 is 0. The van der Waals surface area contributed by atoms with E-state index in [4.69, 9.17) is 0 Å². The summed E-state index contributed by atoms with van der Waals surface area (Å²) in [4.78, 5) is 0.248. The summed E-state index contributed by atoms with van der Waals surface area (Å²) in [5.41, 5.74) is 0. The average Bonchev–Trinajstić information content (AvgIpc) is 1.78. The molecule has 0 fully saturated rings. The van der Waals surface area contributed by atoms with Gasteiger partial charge in [0.1, 0.15) is 5.76 Å². The Bertz CT molecular complexity index is 295. The topological polar surface area (TPSA) is 43.4 Å². The average molecular weight is 160 g/mol. The molecule has 0 aromatic rings. The first kappa shape index (κ1) is 7.34. The zero-order valence-electron chi connectivity index (χ0n) is 5.79. The Morgan fingerprint density at radius 2 is 1.90 bits per heavy atom. The van der Waals surface area contributed by atoms with Gasteiger partial charge in [-0.15, -0.1) is 0 Å². The SMILES string of the molecule is CC1=CC=C(C)S(=O)(=O)O1. The Morgan fingerprint density at radius 3 is 2.30 bits per heavy atom. The normalized spacial score (nSPS) is 22.6. The fraction of sp³-hybridized carbons (Fsp3) is 0.333. The first-order valence-corrected chi connectivity index (χ1v) is 4.23.